The highest BCUT2D eigenvalue weighted by Crippen LogP contribution is 2.26. The second kappa shape index (κ2) is 5.93. The third-order valence-corrected chi connectivity index (χ3v) is 4.41. The maximum Gasteiger partial charge on any atom is 0.231 e. The van der Waals surface area contributed by atoms with Gasteiger partial charge in [0.1, 0.15) is 0 Å². The summed E-state index contributed by atoms with van der Waals surface area (Å²) in [6.07, 6.45) is 2.05. The van der Waals surface area contributed by atoms with Crippen LogP contribution in [0, 0.1) is 0 Å². The summed E-state index contributed by atoms with van der Waals surface area (Å²) in [7, 11) is 0. The summed E-state index contributed by atoms with van der Waals surface area (Å²) in [5.74, 6) is 1.21. The number of rotatable bonds is 4. The maximum atomic E-state index is 6.00. The van der Waals surface area contributed by atoms with Crippen LogP contribution in [0.5, 0.6) is 0 Å². The van der Waals surface area contributed by atoms with E-state index in [9.17, 15) is 0 Å². The van der Waals surface area contributed by atoms with Crippen molar-refractivity contribution in [2.75, 3.05) is 23.3 Å². The molecular weight excluding hydrogens is 294 g/mol. The van der Waals surface area contributed by atoms with Crippen LogP contribution in [0.15, 0.2) is 11.4 Å². The first-order valence-corrected chi connectivity index (χ1v) is 7.97. The zero-order chi connectivity index (χ0) is 13.9. The van der Waals surface area contributed by atoms with E-state index in [2.05, 4.69) is 43.5 Å². The molecule has 20 heavy (non-hydrogen) atoms. The molecule has 106 valence electrons. The Morgan fingerprint density at radius 2 is 2.30 bits per heavy atom. The van der Waals surface area contributed by atoms with Gasteiger partial charge in [-0.1, -0.05) is 6.92 Å². The SMILES string of the molecule is CCCNc1nc(Cl)nc(N2CCc3sccc3C2)n1. The Kier molecular flexibility index (Phi) is 4.03. The van der Waals surface area contributed by atoms with Crippen LogP contribution in [0.2, 0.25) is 5.28 Å². The van der Waals surface area contributed by atoms with Gasteiger partial charge in [-0.25, -0.2) is 0 Å². The van der Waals surface area contributed by atoms with E-state index in [1.165, 1.54) is 10.4 Å². The first-order chi connectivity index (χ1) is 9.76. The number of halogens is 1. The van der Waals surface area contributed by atoms with Crippen LogP contribution in [0.1, 0.15) is 23.8 Å². The lowest BCUT2D eigenvalue weighted by atomic mass is 10.1. The average Bonchev–Trinajstić information content (AvgIpc) is 2.92. The van der Waals surface area contributed by atoms with E-state index in [0.29, 0.717) is 11.9 Å². The Hall–Kier alpha value is -1.40. The van der Waals surface area contributed by atoms with Gasteiger partial charge >= 0.3 is 0 Å². The van der Waals surface area contributed by atoms with E-state index in [4.69, 9.17) is 11.6 Å². The molecule has 2 aromatic heterocycles. The van der Waals surface area contributed by atoms with Crippen molar-refractivity contribution >= 4 is 34.8 Å². The molecule has 0 aromatic carbocycles. The summed E-state index contributed by atoms with van der Waals surface area (Å²) >= 11 is 7.82. The minimum absolute atomic E-state index is 0.240. The number of nitrogens with zero attached hydrogens (tertiary/aromatic N) is 4. The molecule has 0 saturated heterocycles. The van der Waals surface area contributed by atoms with Crippen LogP contribution >= 0.6 is 22.9 Å². The topological polar surface area (TPSA) is 53.9 Å². The van der Waals surface area contributed by atoms with Crippen LogP contribution in [-0.4, -0.2) is 28.0 Å². The van der Waals surface area contributed by atoms with Gasteiger partial charge in [0.05, 0.1) is 0 Å². The Bertz CT molecular complexity index is 600. The van der Waals surface area contributed by atoms with Crippen molar-refractivity contribution in [1.82, 2.24) is 15.0 Å². The average molecular weight is 310 g/mol. The van der Waals surface area contributed by atoms with Crippen molar-refractivity contribution in [3.63, 3.8) is 0 Å². The zero-order valence-corrected chi connectivity index (χ0v) is 12.8. The van der Waals surface area contributed by atoms with Crippen molar-refractivity contribution in [2.45, 2.75) is 26.3 Å². The van der Waals surface area contributed by atoms with Crippen LogP contribution in [-0.2, 0) is 13.0 Å². The van der Waals surface area contributed by atoms with Crippen molar-refractivity contribution in [1.29, 1.82) is 0 Å². The normalized spacial score (nSPS) is 14.2. The number of fused-ring (bicyclic) bond motifs is 1. The maximum absolute atomic E-state index is 6.00. The van der Waals surface area contributed by atoms with E-state index in [1.807, 2.05) is 11.3 Å². The second-order valence-electron chi connectivity index (χ2n) is 4.70. The summed E-state index contributed by atoms with van der Waals surface area (Å²) in [5, 5.41) is 5.54. The third kappa shape index (κ3) is 2.86. The Morgan fingerprint density at radius 1 is 1.40 bits per heavy atom. The largest absolute Gasteiger partial charge is 0.354 e. The summed E-state index contributed by atoms with van der Waals surface area (Å²) in [4.78, 5) is 16.4. The molecule has 1 aliphatic rings. The molecule has 0 atom stereocenters. The molecule has 0 bridgehead atoms. The second-order valence-corrected chi connectivity index (χ2v) is 6.03. The highest BCUT2D eigenvalue weighted by Gasteiger charge is 2.20. The quantitative estimate of drug-likeness (QED) is 0.941. The van der Waals surface area contributed by atoms with Gasteiger partial charge in [0.15, 0.2) is 0 Å². The molecule has 3 rings (SSSR count). The molecule has 0 radical (unpaired) electrons. The fourth-order valence-electron chi connectivity index (χ4n) is 2.22. The van der Waals surface area contributed by atoms with Crippen molar-refractivity contribution in [2.24, 2.45) is 0 Å². The first-order valence-electron chi connectivity index (χ1n) is 6.72. The molecule has 7 heteroatoms. The Balaban J connectivity index is 1.82. The lowest BCUT2D eigenvalue weighted by Gasteiger charge is -2.27. The first kappa shape index (κ1) is 13.6. The lowest BCUT2D eigenvalue weighted by Crippen LogP contribution is -2.31. The summed E-state index contributed by atoms with van der Waals surface area (Å²) in [6, 6.07) is 2.17. The number of hydrogen-bond acceptors (Lipinski definition) is 6. The Morgan fingerprint density at radius 3 is 3.15 bits per heavy atom. The van der Waals surface area contributed by atoms with Gasteiger partial charge in [-0.15, -0.1) is 11.3 Å². The van der Waals surface area contributed by atoms with E-state index >= 15 is 0 Å². The van der Waals surface area contributed by atoms with E-state index in [0.717, 1.165) is 32.5 Å². The molecule has 5 nitrogen and oxygen atoms in total. The predicted molar refractivity (Wildman–Crippen MR) is 82.7 cm³/mol. The minimum Gasteiger partial charge on any atom is -0.354 e. The molecule has 0 aliphatic carbocycles. The smallest absolute Gasteiger partial charge is 0.231 e. The molecule has 0 amide bonds. The molecule has 2 aromatic rings. The highest BCUT2D eigenvalue weighted by atomic mass is 35.5. The molecule has 0 saturated carbocycles. The highest BCUT2D eigenvalue weighted by molar-refractivity contribution is 7.10. The number of anilines is 2. The van der Waals surface area contributed by atoms with Crippen molar-refractivity contribution in [3.8, 4) is 0 Å². The van der Waals surface area contributed by atoms with Gasteiger partial charge in [0.2, 0.25) is 17.2 Å². The van der Waals surface area contributed by atoms with E-state index in [-0.39, 0.29) is 5.28 Å². The molecule has 3 heterocycles. The monoisotopic (exact) mass is 309 g/mol. The molecular formula is C13H16ClN5S. The van der Waals surface area contributed by atoms with Gasteiger partial charge in [0, 0.05) is 24.5 Å². The van der Waals surface area contributed by atoms with Crippen molar-refractivity contribution in [3.05, 3.63) is 27.2 Å². The lowest BCUT2D eigenvalue weighted by molar-refractivity contribution is 0.714. The molecule has 1 N–H and O–H groups in total. The summed E-state index contributed by atoms with van der Waals surface area (Å²) in [6.45, 7) is 4.68. The number of aromatic nitrogens is 3. The third-order valence-electron chi connectivity index (χ3n) is 3.22. The predicted octanol–water partition coefficient (Wildman–Crippen LogP) is 2.97. The zero-order valence-electron chi connectivity index (χ0n) is 11.3. The van der Waals surface area contributed by atoms with Gasteiger partial charge in [-0.2, -0.15) is 15.0 Å². The van der Waals surface area contributed by atoms with E-state index in [1.54, 1.807) is 0 Å². The number of thiophene rings is 1. The standard InChI is InChI=1S/C13H16ClN5S/c1-2-5-15-12-16-11(14)17-13(18-12)19-6-3-10-9(8-19)4-7-20-10/h4,7H,2-3,5-6,8H2,1H3,(H,15,16,17,18). The van der Waals surface area contributed by atoms with Crippen LogP contribution < -0.4 is 10.2 Å². The van der Waals surface area contributed by atoms with Gasteiger partial charge in [-0.3, -0.25) is 0 Å². The van der Waals surface area contributed by atoms with Crippen LogP contribution in [0.4, 0.5) is 11.9 Å². The number of nitrogens with one attached hydrogen (secondary N) is 1. The van der Waals surface area contributed by atoms with E-state index < -0.39 is 0 Å². The van der Waals surface area contributed by atoms with Crippen molar-refractivity contribution < 1.29 is 0 Å². The summed E-state index contributed by atoms with van der Waals surface area (Å²) < 4.78 is 0. The van der Waals surface area contributed by atoms with Gasteiger partial charge < -0.3 is 10.2 Å². The number of hydrogen-bond donors (Lipinski definition) is 1. The molecule has 0 unspecified atom stereocenters. The van der Waals surface area contributed by atoms with Crippen LogP contribution in [0.25, 0.3) is 0 Å². The summed E-state index contributed by atoms with van der Waals surface area (Å²) in [5.41, 5.74) is 1.36. The minimum atomic E-state index is 0.240. The molecule has 1 aliphatic heterocycles. The van der Waals surface area contributed by atoms with Crippen LogP contribution in [0.3, 0.4) is 0 Å². The van der Waals surface area contributed by atoms with Gasteiger partial charge in [0.25, 0.3) is 0 Å². The Labute approximate surface area is 127 Å². The molecule has 0 spiro atoms. The van der Waals surface area contributed by atoms with Gasteiger partial charge in [-0.05, 0) is 41.5 Å². The molecule has 0 fully saturated rings. The fourth-order valence-corrected chi connectivity index (χ4v) is 3.26. The fraction of sp³-hybridized carbons (Fsp3) is 0.462.